The Balaban J connectivity index is 1.41. The maximum atomic E-state index is 13.1. The topological polar surface area (TPSA) is 85.5 Å². The lowest BCUT2D eigenvalue weighted by molar-refractivity contribution is 0.101. The number of carbonyl (C=O) groups is 1. The van der Waals surface area contributed by atoms with Crippen LogP contribution in [0.1, 0.15) is 33.6 Å². The van der Waals surface area contributed by atoms with Crippen LogP contribution in [-0.4, -0.2) is 43.9 Å². The quantitative estimate of drug-likeness (QED) is 0.173. The Morgan fingerprint density at radius 1 is 0.892 bits per heavy atom. The first-order valence-electron chi connectivity index (χ1n) is 12.1. The number of aromatic nitrogens is 1. The average Bonchev–Trinajstić information content (AvgIpc) is 3.24. The molecule has 0 aliphatic rings. The fourth-order valence-electron chi connectivity index (χ4n) is 4.27. The van der Waals surface area contributed by atoms with Crippen molar-refractivity contribution in [2.45, 2.75) is 26.7 Å². The van der Waals surface area contributed by atoms with Crippen molar-refractivity contribution in [1.82, 2.24) is 4.98 Å². The maximum Gasteiger partial charge on any atom is 0.194 e. The SMILES string of the molecule is Cc1cc(OCCCc2c(C(=O)CS(=O)(=O)CCOc3ccccc3)[nH]c3ccccc23)cc(C)c1Cl. The van der Waals surface area contributed by atoms with E-state index in [1.54, 1.807) is 12.1 Å². The number of hydrogen-bond donors (Lipinski definition) is 1. The van der Waals surface area contributed by atoms with E-state index in [1.807, 2.05) is 68.4 Å². The fourth-order valence-corrected chi connectivity index (χ4v) is 5.41. The van der Waals surface area contributed by atoms with E-state index in [2.05, 4.69) is 4.98 Å². The maximum absolute atomic E-state index is 13.1. The zero-order chi connectivity index (χ0) is 26.4. The second kappa shape index (κ2) is 11.8. The predicted molar refractivity (Wildman–Crippen MR) is 148 cm³/mol. The molecule has 1 N–H and O–H groups in total. The highest BCUT2D eigenvalue weighted by Gasteiger charge is 2.23. The van der Waals surface area contributed by atoms with Crippen molar-refractivity contribution in [1.29, 1.82) is 0 Å². The highest BCUT2D eigenvalue weighted by atomic mass is 35.5. The van der Waals surface area contributed by atoms with Crippen LogP contribution in [0.4, 0.5) is 0 Å². The monoisotopic (exact) mass is 539 g/mol. The lowest BCUT2D eigenvalue weighted by Crippen LogP contribution is -2.23. The number of carbonyl (C=O) groups excluding carboxylic acids is 1. The van der Waals surface area contributed by atoms with E-state index in [-0.39, 0.29) is 12.4 Å². The number of rotatable bonds is 12. The second-order valence-electron chi connectivity index (χ2n) is 9.02. The molecule has 8 heteroatoms. The molecule has 37 heavy (non-hydrogen) atoms. The van der Waals surface area contributed by atoms with Crippen LogP contribution in [0.25, 0.3) is 10.9 Å². The molecule has 0 unspecified atom stereocenters. The number of Topliss-reactive ketones (excluding diaryl/α,β-unsaturated/α-hetero) is 1. The third-order valence-electron chi connectivity index (χ3n) is 6.10. The molecule has 194 valence electrons. The van der Waals surface area contributed by atoms with Crippen molar-refractivity contribution >= 4 is 38.1 Å². The number of benzene rings is 3. The third-order valence-corrected chi connectivity index (χ3v) is 8.19. The summed E-state index contributed by atoms with van der Waals surface area (Å²) in [6.07, 6.45) is 1.22. The van der Waals surface area contributed by atoms with Gasteiger partial charge < -0.3 is 14.5 Å². The molecule has 0 bridgehead atoms. The molecule has 4 rings (SSSR count). The number of aryl methyl sites for hydroxylation is 3. The molecule has 0 aliphatic heterocycles. The van der Waals surface area contributed by atoms with Crippen LogP contribution in [0.2, 0.25) is 5.02 Å². The van der Waals surface area contributed by atoms with Gasteiger partial charge in [-0.3, -0.25) is 4.79 Å². The van der Waals surface area contributed by atoms with E-state index < -0.39 is 21.4 Å². The van der Waals surface area contributed by atoms with Crippen molar-refractivity contribution in [2.75, 3.05) is 24.7 Å². The van der Waals surface area contributed by atoms with E-state index >= 15 is 0 Å². The number of hydrogen-bond acceptors (Lipinski definition) is 5. The summed E-state index contributed by atoms with van der Waals surface area (Å²) in [6.45, 7) is 4.31. The number of ether oxygens (including phenoxy) is 2. The molecular formula is C29H30ClNO5S. The van der Waals surface area contributed by atoms with Gasteiger partial charge in [-0.05, 0) is 73.7 Å². The average molecular weight is 540 g/mol. The Bertz CT molecular complexity index is 1470. The molecule has 3 aromatic carbocycles. The van der Waals surface area contributed by atoms with Gasteiger partial charge in [0.1, 0.15) is 23.9 Å². The van der Waals surface area contributed by atoms with Crippen LogP contribution >= 0.6 is 11.6 Å². The molecule has 6 nitrogen and oxygen atoms in total. The molecule has 0 aliphatic carbocycles. The molecule has 1 heterocycles. The molecule has 1 aromatic heterocycles. The number of H-pyrrole nitrogens is 1. The Morgan fingerprint density at radius 3 is 2.27 bits per heavy atom. The first kappa shape index (κ1) is 26.8. The lowest BCUT2D eigenvalue weighted by atomic mass is 10.0. The van der Waals surface area contributed by atoms with Gasteiger partial charge in [0.05, 0.1) is 18.1 Å². The van der Waals surface area contributed by atoms with Crippen LogP contribution in [0.5, 0.6) is 11.5 Å². The third kappa shape index (κ3) is 6.93. The van der Waals surface area contributed by atoms with E-state index in [0.29, 0.717) is 30.9 Å². The minimum atomic E-state index is -3.66. The predicted octanol–water partition coefficient (Wildman–Crippen LogP) is 6.13. The summed E-state index contributed by atoms with van der Waals surface area (Å²) in [5.74, 6) is 0.0733. The highest BCUT2D eigenvalue weighted by molar-refractivity contribution is 7.92. The van der Waals surface area contributed by atoms with Gasteiger partial charge in [0.25, 0.3) is 0 Å². The first-order chi connectivity index (χ1) is 17.7. The van der Waals surface area contributed by atoms with E-state index in [0.717, 1.165) is 38.4 Å². The number of aromatic amines is 1. The van der Waals surface area contributed by atoms with E-state index in [1.165, 1.54) is 0 Å². The Morgan fingerprint density at radius 2 is 1.54 bits per heavy atom. The van der Waals surface area contributed by atoms with Crippen molar-refractivity contribution in [3.63, 3.8) is 0 Å². The zero-order valence-corrected chi connectivity index (χ0v) is 22.5. The number of para-hydroxylation sites is 2. The van der Waals surface area contributed by atoms with Gasteiger partial charge in [0.2, 0.25) is 0 Å². The van der Waals surface area contributed by atoms with Gasteiger partial charge in [-0.1, -0.05) is 48.0 Å². The summed E-state index contributed by atoms with van der Waals surface area (Å²) in [7, 11) is -3.66. The standard InChI is InChI=1S/C29H30ClNO5S/c1-20-17-23(18-21(2)28(20)30)35-14-8-12-25-24-11-6-7-13-26(24)31-29(25)27(32)19-37(33,34)16-15-36-22-9-4-3-5-10-22/h3-7,9-11,13,17-18,31H,8,12,14-16,19H2,1-2H3. The van der Waals surface area contributed by atoms with Gasteiger partial charge in [-0.15, -0.1) is 0 Å². The smallest absolute Gasteiger partial charge is 0.194 e. The Hall–Kier alpha value is -3.29. The fraction of sp³-hybridized carbons (Fsp3) is 0.276. The molecule has 0 saturated heterocycles. The minimum absolute atomic E-state index is 0.0137. The van der Waals surface area contributed by atoms with Crippen molar-refractivity contribution < 1.29 is 22.7 Å². The van der Waals surface area contributed by atoms with Crippen molar-refractivity contribution in [2.24, 2.45) is 0 Å². The van der Waals surface area contributed by atoms with Crippen LogP contribution in [0, 0.1) is 13.8 Å². The molecular weight excluding hydrogens is 510 g/mol. The zero-order valence-electron chi connectivity index (χ0n) is 20.9. The summed E-state index contributed by atoms with van der Waals surface area (Å²) in [5.41, 5.74) is 3.86. The normalized spacial score (nSPS) is 11.5. The first-order valence-corrected chi connectivity index (χ1v) is 14.3. The summed E-state index contributed by atoms with van der Waals surface area (Å²) in [5, 5.41) is 1.64. The number of nitrogens with one attached hydrogen (secondary N) is 1. The number of fused-ring (bicyclic) bond motifs is 1. The van der Waals surface area contributed by atoms with Crippen LogP contribution < -0.4 is 9.47 Å². The highest BCUT2D eigenvalue weighted by Crippen LogP contribution is 2.27. The molecule has 0 radical (unpaired) electrons. The van der Waals surface area contributed by atoms with Gasteiger partial charge in [-0.25, -0.2) is 8.42 Å². The molecule has 4 aromatic rings. The summed E-state index contributed by atoms with van der Waals surface area (Å²) in [6, 6.07) is 20.4. The van der Waals surface area contributed by atoms with Crippen LogP contribution in [-0.2, 0) is 16.3 Å². The van der Waals surface area contributed by atoms with Crippen molar-refractivity contribution in [3.8, 4) is 11.5 Å². The van der Waals surface area contributed by atoms with Gasteiger partial charge in [-0.2, -0.15) is 0 Å². The number of sulfone groups is 1. The molecule has 0 spiro atoms. The van der Waals surface area contributed by atoms with Gasteiger partial charge in [0.15, 0.2) is 15.6 Å². The molecule has 0 fully saturated rings. The van der Waals surface area contributed by atoms with Gasteiger partial charge >= 0.3 is 0 Å². The second-order valence-corrected chi connectivity index (χ2v) is 11.6. The molecule has 0 amide bonds. The number of halogens is 1. The molecule has 0 saturated carbocycles. The van der Waals surface area contributed by atoms with E-state index in [9.17, 15) is 13.2 Å². The molecule has 0 atom stereocenters. The van der Waals surface area contributed by atoms with Crippen molar-refractivity contribution in [3.05, 3.63) is 94.1 Å². The minimum Gasteiger partial charge on any atom is -0.494 e. The Labute approximate surface area is 222 Å². The number of ketones is 1. The largest absolute Gasteiger partial charge is 0.494 e. The van der Waals surface area contributed by atoms with E-state index in [4.69, 9.17) is 21.1 Å². The lowest BCUT2D eigenvalue weighted by Gasteiger charge is -2.10. The summed E-state index contributed by atoms with van der Waals surface area (Å²) in [4.78, 5) is 16.3. The van der Waals surface area contributed by atoms with Crippen LogP contribution in [0.3, 0.4) is 0 Å². The Kier molecular flexibility index (Phi) is 8.56. The van der Waals surface area contributed by atoms with Crippen LogP contribution in [0.15, 0.2) is 66.7 Å². The summed E-state index contributed by atoms with van der Waals surface area (Å²) < 4.78 is 36.8. The summed E-state index contributed by atoms with van der Waals surface area (Å²) >= 11 is 6.24. The van der Waals surface area contributed by atoms with Gasteiger partial charge in [0, 0.05) is 15.9 Å².